The average Bonchev–Trinajstić information content (AvgIpc) is 3.23. The standard InChI is InChI=1S/C14H21N3O2/c1-17(10-6-7-10)9-8-16-13-11(14(18)19-2)4-3-5-12(13)15/h3-5,10,16H,6-9,15H2,1-2H3. The largest absolute Gasteiger partial charge is 0.465 e. The van der Waals surface area contributed by atoms with Crippen LogP contribution in [-0.4, -0.2) is 44.2 Å². The van der Waals surface area contributed by atoms with E-state index in [0.717, 1.165) is 19.1 Å². The Morgan fingerprint density at radius 3 is 2.89 bits per heavy atom. The summed E-state index contributed by atoms with van der Waals surface area (Å²) in [6, 6.07) is 5.98. The summed E-state index contributed by atoms with van der Waals surface area (Å²) >= 11 is 0. The van der Waals surface area contributed by atoms with Crippen LogP contribution in [0, 0.1) is 0 Å². The van der Waals surface area contributed by atoms with Gasteiger partial charge in [0.1, 0.15) is 0 Å². The molecule has 5 heteroatoms. The van der Waals surface area contributed by atoms with Crippen LogP contribution in [0.4, 0.5) is 11.4 Å². The number of rotatable bonds is 6. The number of hydrogen-bond donors (Lipinski definition) is 2. The number of methoxy groups -OCH3 is 1. The van der Waals surface area contributed by atoms with Crippen molar-refractivity contribution in [3.8, 4) is 0 Å². The van der Waals surface area contributed by atoms with Crippen molar-refractivity contribution in [1.29, 1.82) is 0 Å². The number of carbonyl (C=O) groups is 1. The highest BCUT2D eigenvalue weighted by atomic mass is 16.5. The molecule has 3 N–H and O–H groups in total. The number of nitrogens with zero attached hydrogens (tertiary/aromatic N) is 1. The Kier molecular flexibility index (Phi) is 4.27. The molecule has 0 aromatic heterocycles. The molecular formula is C14H21N3O2. The summed E-state index contributed by atoms with van der Waals surface area (Å²) in [6.45, 7) is 1.69. The van der Waals surface area contributed by atoms with Crippen LogP contribution in [0.5, 0.6) is 0 Å². The van der Waals surface area contributed by atoms with Crippen molar-refractivity contribution in [1.82, 2.24) is 4.90 Å². The fourth-order valence-electron chi connectivity index (χ4n) is 2.10. The van der Waals surface area contributed by atoms with E-state index in [9.17, 15) is 4.79 Å². The van der Waals surface area contributed by atoms with Crippen LogP contribution in [0.15, 0.2) is 18.2 Å². The zero-order valence-corrected chi connectivity index (χ0v) is 11.5. The smallest absolute Gasteiger partial charge is 0.340 e. The number of likely N-dealkylation sites (N-methyl/N-ethyl adjacent to an activating group) is 1. The Hall–Kier alpha value is -1.75. The number of anilines is 2. The predicted octanol–water partition coefficient (Wildman–Crippen LogP) is 1.56. The minimum absolute atomic E-state index is 0.370. The van der Waals surface area contributed by atoms with Gasteiger partial charge in [-0.2, -0.15) is 0 Å². The number of esters is 1. The van der Waals surface area contributed by atoms with Gasteiger partial charge >= 0.3 is 5.97 Å². The molecule has 1 aromatic carbocycles. The van der Waals surface area contributed by atoms with Crippen LogP contribution in [0.2, 0.25) is 0 Å². The molecule has 0 spiro atoms. The van der Waals surface area contributed by atoms with Gasteiger partial charge in [0.15, 0.2) is 0 Å². The highest BCUT2D eigenvalue weighted by Crippen LogP contribution is 2.26. The van der Waals surface area contributed by atoms with Gasteiger partial charge in [-0.3, -0.25) is 0 Å². The SMILES string of the molecule is COC(=O)c1cccc(N)c1NCCN(C)C1CC1. The van der Waals surface area contributed by atoms with Crippen LogP contribution >= 0.6 is 0 Å². The first-order chi connectivity index (χ1) is 9.13. The minimum atomic E-state index is -0.370. The maximum atomic E-state index is 11.7. The molecule has 0 unspecified atom stereocenters. The first-order valence-electron chi connectivity index (χ1n) is 6.54. The Bertz CT molecular complexity index is 458. The summed E-state index contributed by atoms with van der Waals surface area (Å²) in [5, 5.41) is 3.24. The molecule has 5 nitrogen and oxygen atoms in total. The minimum Gasteiger partial charge on any atom is -0.465 e. The summed E-state index contributed by atoms with van der Waals surface area (Å²) in [6.07, 6.45) is 2.58. The monoisotopic (exact) mass is 263 g/mol. The summed E-state index contributed by atoms with van der Waals surface area (Å²) in [5.74, 6) is -0.370. The van der Waals surface area contributed by atoms with Crippen LogP contribution in [-0.2, 0) is 4.74 Å². The number of carbonyl (C=O) groups excluding carboxylic acids is 1. The molecule has 1 aromatic rings. The number of nitrogen functional groups attached to an aromatic ring is 1. The second-order valence-corrected chi connectivity index (χ2v) is 4.90. The summed E-state index contributed by atoms with van der Waals surface area (Å²) in [5.41, 5.74) is 7.63. The number of nitrogens with one attached hydrogen (secondary N) is 1. The lowest BCUT2D eigenvalue weighted by atomic mass is 10.1. The molecule has 0 radical (unpaired) electrons. The van der Waals surface area contributed by atoms with Crippen molar-refractivity contribution in [3.05, 3.63) is 23.8 Å². The fourth-order valence-corrected chi connectivity index (χ4v) is 2.10. The van der Waals surface area contributed by atoms with E-state index < -0.39 is 0 Å². The molecule has 1 aliphatic rings. The molecule has 0 bridgehead atoms. The molecule has 1 fully saturated rings. The normalized spacial score (nSPS) is 14.5. The second-order valence-electron chi connectivity index (χ2n) is 4.90. The summed E-state index contributed by atoms with van der Waals surface area (Å²) in [7, 11) is 3.49. The van der Waals surface area contributed by atoms with Crippen molar-refractivity contribution >= 4 is 17.3 Å². The van der Waals surface area contributed by atoms with Gasteiger partial charge < -0.3 is 20.7 Å². The average molecular weight is 263 g/mol. The van der Waals surface area contributed by atoms with Crippen molar-refractivity contribution in [2.45, 2.75) is 18.9 Å². The Morgan fingerprint density at radius 1 is 1.53 bits per heavy atom. The first-order valence-corrected chi connectivity index (χ1v) is 6.54. The molecule has 0 amide bonds. The highest BCUT2D eigenvalue weighted by molar-refractivity contribution is 5.98. The van der Waals surface area contributed by atoms with Gasteiger partial charge in [-0.05, 0) is 32.0 Å². The maximum Gasteiger partial charge on any atom is 0.340 e. The van der Waals surface area contributed by atoms with E-state index in [-0.39, 0.29) is 5.97 Å². The van der Waals surface area contributed by atoms with Gasteiger partial charge in [-0.1, -0.05) is 6.07 Å². The van der Waals surface area contributed by atoms with Crippen LogP contribution < -0.4 is 11.1 Å². The quantitative estimate of drug-likeness (QED) is 0.602. The number of benzene rings is 1. The van der Waals surface area contributed by atoms with Crippen LogP contribution in [0.25, 0.3) is 0 Å². The maximum absolute atomic E-state index is 11.7. The molecule has 1 saturated carbocycles. The number of nitrogens with two attached hydrogens (primary N) is 1. The first kappa shape index (κ1) is 13.7. The molecule has 104 valence electrons. The molecule has 0 saturated heterocycles. The topological polar surface area (TPSA) is 67.6 Å². The van der Waals surface area contributed by atoms with Crippen molar-refractivity contribution in [3.63, 3.8) is 0 Å². The van der Waals surface area contributed by atoms with E-state index >= 15 is 0 Å². The molecule has 2 rings (SSSR count). The third kappa shape index (κ3) is 3.38. The molecule has 0 aliphatic heterocycles. The molecule has 1 aliphatic carbocycles. The van der Waals surface area contributed by atoms with E-state index in [0.29, 0.717) is 16.9 Å². The van der Waals surface area contributed by atoms with Gasteiger partial charge in [-0.15, -0.1) is 0 Å². The zero-order chi connectivity index (χ0) is 13.8. The van der Waals surface area contributed by atoms with Crippen molar-refractivity contribution in [2.75, 3.05) is 38.3 Å². The Morgan fingerprint density at radius 2 is 2.26 bits per heavy atom. The van der Waals surface area contributed by atoms with E-state index in [1.165, 1.54) is 20.0 Å². The lowest BCUT2D eigenvalue weighted by molar-refractivity contribution is 0.0602. The number of hydrogen-bond acceptors (Lipinski definition) is 5. The second kappa shape index (κ2) is 5.93. The third-order valence-electron chi connectivity index (χ3n) is 3.44. The van der Waals surface area contributed by atoms with E-state index in [2.05, 4.69) is 17.3 Å². The van der Waals surface area contributed by atoms with Gasteiger partial charge in [0.05, 0.1) is 24.0 Å². The molecule has 19 heavy (non-hydrogen) atoms. The van der Waals surface area contributed by atoms with E-state index in [1.807, 2.05) is 0 Å². The zero-order valence-electron chi connectivity index (χ0n) is 11.5. The van der Waals surface area contributed by atoms with Gasteiger partial charge in [-0.25, -0.2) is 4.79 Å². The lowest BCUT2D eigenvalue weighted by Crippen LogP contribution is -2.27. The summed E-state index contributed by atoms with van der Waals surface area (Å²) in [4.78, 5) is 14.0. The molecule has 0 heterocycles. The van der Waals surface area contributed by atoms with Gasteiger partial charge in [0.25, 0.3) is 0 Å². The molecule has 0 atom stereocenters. The van der Waals surface area contributed by atoms with Crippen LogP contribution in [0.3, 0.4) is 0 Å². The number of ether oxygens (including phenoxy) is 1. The van der Waals surface area contributed by atoms with Crippen molar-refractivity contribution in [2.24, 2.45) is 0 Å². The van der Waals surface area contributed by atoms with Crippen LogP contribution in [0.1, 0.15) is 23.2 Å². The van der Waals surface area contributed by atoms with E-state index in [4.69, 9.17) is 10.5 Å². The van der Waals surface area contributed by atoms with E-state index in [1.54, 1.807) is 18.2 Å². The van der Waals surface area contributed by atoms with Gasteiger partial charge in [0, 0.05) is 19.1 Å². The fraction of sp³-hybridized carbons (Fsp3) is 0.500. The lowest BCUT2D eigenvalue weighted by Gasteiger charge is -2.18. The highest BCUT2D eigenvalue weighted by Gasteiger charge is 2.25. The third-order valence-corrected chi connectivity index (χ3v) is 3.44. The Balaban J connectivity index is 1.99. The summed E-state index contributed by atoms with van der Waals surface area (Å²) < 4.78 is 4.76. The van der Waals surface area contributed by atoms with Crippen molar-refractivity contribution < 1.29 is 9.53 Å². The number of para-hydroxylation sites is 1. The molecular weight excluding hydrogens is 242 g/mol. The van der Waals surface area contributed by atoms with Gasteiger partial charge in [0.2, 0.25) is 0 Å². The Labute approximate surface area is 113 Å². The predicted molar refractivity (Wildman–Crippen MR) is 76.3 cm³/mol.